The molecule has 272 valence electrons. The summed E-state index contributed by atoms with van der Waals surface area (Å²) in [5, 5.41) is 62.3. The van der Waals surface area contributed by atoms with E-state index in [0.29, 0.717) is 0 Å². The summed E-state index contributed by atoms with van der Waals surface area (Å²) in [6.45, 7) is 0.331. The summed E-state index contributed by atoms with van der Waals surface area (Å²) in [4.78, 5) is 40.5. The molecular weight excluding hydrogens is 706 g/mol. The van der Waals surface area contributed by atoms with E-state index in [2.05, 4.69) is 10.6 Å². The van der Waals surface area contributed by atoms with E-state index in [1.54, 1.807) is 12.1 Å². The fourth-order valence-electron chi connectivity index (χ4n) is 4.59. The van der Waals surface area contributed by atoms with Crippen LogP contribution in [0, 0.1) is 57.0 Å². The van der Waals surface area contributed by atoms with Crippen LogP contribution in [0.2, 0.25) is 0 Å². The fourth-order valence-corrected chi connectivity index (χ4v) is 4.59. The second kappa shape index (κ2) is 16.8. The molecule has 0 spiro atoms. The van der Waals surface area contributed by atoms with E-state index in [4.69, 9.17) is 24.7 Å². The van der Waals surface area contributed by atoms with Crippen LogP contribution in [0.1, 0.15) is 52.0 Å². The molecule has 0 aliphatic rings. The molecule has 0 aromatic heterocycles. The van der Waals surface area contributed by atoms with Crippen LogP contribution in [0.5, 0.6) is 11.5 Å². The number of nitrogens with one attached hydrogen (secondary N) is 2. The van der Waals surface area contributed by atoms with Gasteiger partial charge in [-0.2, -0.15) is 21.0 Å². The van der Waals surface area contributed by atoms with Crippen LogP contribution >= 0.6 is 0 Å². The third kappa shape index (κ3) is 9.29. The van der Waals surface area contributed by atoms with Gasteiger partial charge in [0.1, 0.15) is 54.6 Å². The molecule has 4 aromatic rings. The lowest BCUT2D eigenvalue weighted by Gasteiger charge is -2.29. The molecule has 2 atom stereocenters. The number of carbonyl (C=O) groups is 3. The van der Waals surface area contributed by atoms with E-state index in [1.807, 2.05) is 12.1 Å². The highest BCUT2D eigenvalue weighted by Gasteiger charge is 2.40. The zero-order valence-corrected chi connectivity index (χ0v) is 28.4. The number of hydrogen-bond acceptors (Lipinski definition) is 12. The molecule has 0 aliphatic heterocycles. The molecule has 0 aliphatic carbocycles. The summed E-state index contributed by atoms with van der Waals surface area (Å²) in [5.74, 6) is -5.26. The Labute approximate surface area is 306 Å². The van der Waals surface area contributed by atoms with Gasteiger partial charge in [0.25, 0.3) is 11.8 Å². The number of nitrogens with zero attached hydrogens (tertiary/aromatic N) is 4. The van der Waals surface area contributed by atoms with Gasteiger partial charge >= 0.3 is 5.97 Å². The molecule has 0 bridgehead atoms. The lowest BCUT2D eigenvalue weighted by Crippen LogP contribution is -2.49. The number of carbonyl (C=O) groups excluding carboxylic acids is 3. The van der Waals surface area contributed by atoms with E-state index in [0.717, 1.165) is 50.2 Å². The lowest BCUT2D eigenvalue weighted by atomic mass is 10.0. The summed E-state index contributed by atoms with van der Waals surface area (Å²) >= 11 is 0. The van der Waals surface area contributed by atoms with Gasteiger partial charge < -0.3 is 35.1 Å². The number of hydrogen-bond donors (Lipinski definition) is 4. The Morgan fingerprint density at radius 2 is 1.17 bits per heavy atom. The van der Waals surface area contributed by atoms with Crippen molar-refractivity contribution in [3.63, 3.8) is 0 Å². The second-order valence-corrected chi connectivity index (χ2v) is 11.9. The highest BCUT2D eigenvalue weighted by Crippen LogP contribution is 2.26. The number of halogens is 2. The number of aliphatic hydroxyl groups excluding tert-OH is 1. The summed E-state index contributed by atoms with van der Waals surface area (Å²) in [5.41, 5.74) is -5.31. The van der Waals surface area contributed by atoms with Gasteiger partial charge in [-0.05, 0) is 80.1 Å². The summed E-state index contributed by atoms with van der Waals surface area (Å²) < 4.78 is 44.8. The molecule has 16 heteroatoms. The lowest BCUT2D eigenvalue weighted by molar-refractivity contribution is -0.136. The standard InChI is InChI=1S/C38H28F2N6O8/c1-37(51,20-52-29-9-5-24(17-43)32(39)13-29)35(49)45-28-8-4-23(16-42)31(12-28)34(48)54-38(2,21-53-30-10-6-25(18-44)33(40)14-30)36(50)46-27-7-3-22(15-41)26(11-27)19-47/h3-14,47,51H,19-21H2,1-2H3,(H,45,49)(H,46,50). The van der Waals surface area contributed by atoms with Crippen molar-refractivity contribution in [2.24, 2.45) is 0 Å². The Hall–Kier alpha value is -7.37. The molecule has 4 aromatic carbocycles. The van der Waals surface area contributed by atoms with Crippen molar-refractivity contribution < 1.29 is 47.6 Å². The Bertz CT molecular complexity index is 2300. The van der Waals surface area contributed by atoms with Crippen molar-refractivity contribution in [2.45, 2.75) is 31.7 Å². The van der Waals surface area contributed by atoms with E-state index >= 15 is 0 Å². The molecule has 0 saturated heterocycles. The average molecular weight is 735 g/mol. The molecule has 4 rings (SSSR count). The summed E-state index contributed by atoms with van der Waals surface area (Å²) in [6.07, 6.45) is 0. The number of amides is 2. The van der Waals surface area contributed by atoms with Crippen molar-refractivity contribution >= 4 is 29.2 Å². The van der Waals surface area contributed by atoms with Crippen LogP contribution in [-0.4, -0.2) is 52.4 Å². The van der Waals surface area contributed by atoms with Gasteiger partial charge in [-0.3, -0.25) is 9.59 Å². The van der Waals surface area contributed by atoms with Gasteiger partial charge in [0.05, 0.1) is 40.5 Å². The van der Waals surface area contributed by atoms with Crippen molar-refractivity contribution in [1.82, 2.24) is 0 Å². The molecule has 4 N–H and O–H groups in total. The Morgan fingerprint density at radius 1 is 0.685 bits per heavy atom. The zero-order valence-electron chi connectivity index (χ0n) is 28.4. The van der Waals surface area contributed by atoms with E-state index in [9.17, 15) is 43.9 Å². The van der Waals surface area contributed by atoms with Crippen LogP contribution in [0.15, 0.2) is 72.8 Å². The zero-order chi connectivity index (χ0) is 39.6. The molecule has 0 heterocycles. The first-order valence-electron chi connectivity index (χ1n) is 15.6. The maximum Gasteiger partial charge on any atom is 0.340 e. The molecule has 2 unspecified atom stereocenters. The van der Waals surface area contributed by atoms with Gasteiger partial charge in [0.15, 0.2) is 5.60 Å². The highest BCUT2D eigenvalue weighted by atomic mass is 19.1. The number of rotatable bonds is 13. The second-order valence-electron chi connectivity index (χ2n) is 11.9. The summed E-state index contributed by atoms with van der Waals surface area (Å²) in [6, 6.07) is 21.1. The number of benzene rings is 4. The monoisotopic (exact) mass is 734 g/mol. The maximum absolute atomic E-state index is 14.3. The Balaban J connectivity index is 1.58. The molecule has 0 saturated carbocycles. The normalized spacial score (nSPS) is 12.6. The molecule has 54 heavy (non-hydrogen) atoms. The Kier molecular flexibility index (Phi) is 12.2. The average Bonchev–Trinajstić information content (AvgIpc) is 3.16. The predicted octanol–water partition coefficient (Wildman–Crippen LogP) is 4.35. The predicted molar refractivity (Wildman–Crippen MR) is 183 cm³/mol. The quantitative estimate of drug-likeness (QED) is 0.140. The van der Waals surface area contributed by atoms with Crippen molar-refractivity contribution in [3.8, 4) is 35.8 Å². The van der Waals surface area contributed by atoms with Crippen LogP contribution < -0.4 is 20.1 Å². The van der Waals surface area contributed by atoms with E-state index in [1.165, 1.54) is 36.4 Å². The molecule has 0 radical (unpaired) electrons. The van der Waals surface area contributed by atoms with E-state index in [-0.39, 0.29) is 50.7 Å². The van der Waals surface area contributed by atoms with Gasteiger partial charge in [0, 0.05) is 23.5 Å². The third-order valence-corrected chi connectivity index (χ3v) is 7.72. The minimum absolute atomic E-state index is 0.0728. The maximum atomic E-state index is 14.3. The van der Waals surface area contributed by atoms with Crippen LogP contribution in [-0.2, 0) is 20.9 Å². The molecule has 14 nitrogen and oxygen atoms in total. The van der Waals surface area contributed by atoms with Gasteiger partial charge in [-0.1, -0.05) is 0 Å². The van der Waals surface area contributed by atoms with Gasteiger partial charge in [-0.15, -0.1) is 0 Å². The first-order chi connectivity index (χ1) is 25.7. The Morgan fingerprint density at radius 3 is 1.69 bits per heavy atom. The summed E-state index contributed by atoms with van der Waals surface area (Å²) in [7, 11) is 0. The minimum atomic E-state index is -2.23. The van der Waals surface area contributed by atoms with Gasteiger partial charge in [0.2, 0.25) is 5.60 Å². The number of nitriles is 4. The number of ether oxygens (including phenoxy) is 3. The fraction of sp³-hybridized carbons (Fsp3) is 0.184. The van der Waals surface area contributed by atoms with Crippen LogP contribution in [0.25, 0.3) is 0 Å². The first-order valence-corrected chi connectivity index (χ1v) is 15.6. The van der Waals surface area contributed by atoms with Crippen LogP contribution in [0.4, 0.5) is 20.2 Å². The van der Waals surface area contributed by atoms with Gasteiger partial charge in [-0.25, -0.2) is 13.6 Å². The number of anilines is 2. The minimum Gasteiger partial charge on any atom is -0.490 e. The number of aliphatic hydroxyl groups is 2. The number of esters is 1. The third-order valence-electron chi connectivity index (χ3n) is 7.72. The highest BCUT2D eigenvalue weighted by molar-refractivity contribution is 6.02. The van der Waals surface area contributed by atoms with Crippen LogP contribution in [0.3, 0.4) is 0 Å². The molecule has 0 fully saturated rings. The molecule has 2 amide bonds. The molecular formula is C38H28F2N6O8. The first kappa shape index (κ1) is 39.4. The van der Waals surface area contributed by atoms with Crippen molar-refractivity contribution in [2.75, 3.05) is 23.8 Å². The SMILES string of the molecule is CC(O)(COc1ccc(C#N)c(F)c1)C(=O)Nc1ccc(C#N)c(C(=O)OC(C)(COc2ccc(C#N)c(F)c2)C(=O)Nc2ccc(C#N)c(CO)c2)c1. The van der Waals surface area contributed by atoms with Crippen molar-refractivity contribution in [1.29, 1.82) is 21.0 Å². The largest absolute Gasteiger partial charge is 0.490 e. The topological polar surface area (TPSA) is 239 Å². The smallest absolute Gasteiger partial charge is 0.340 e. The van der Waals surface area contributed by atoms with Crippen molar-refractivity contribution in [3.05, 3.63) is 118 Å². The van der Waals surface area contributed by atoms with E-state index < -0.39 is 66.0 Å².